The molecule has 0 radical (unpaired) electrons. The minimum atomic E-state index is -0.537. The van der Waals surface area contributed by atoms with E-state index in [0.717, 1.165) is 23.7 Å². The predicted octanol–water partition coefficient (Wildman–Crippen LogP) is 5.19. The van der Waals surface area contributed by atoms with Crippen molar-refractivity contribution in [3.05, 3.63) is 101 Å². The minimum Gasteiger partial charge on any atom is -0.334 e. The maximum Gasteiger partial charge on any atom is 0.240 e. The summed E-state index contributed by atoms with van der Waals surface area (Å²) >= 11 is 0. The van der Waals surface area contributed by atoms with E-state index in [0.29, 0.717) is 32.4 Å². The van der Waals surface area contributed by atoms with Crippen molar-refractivity contribution < 1.29 is 22.8 Å². The topological polar surface area (TPSA) is 65.5 Å². The lowest BCUT2D eigenvalue weighted by molar-refractivity contribution is -0.142. The Kier molecular flexibility index (Phi) is 9.28. The predicted molar refractivity (Wildman–Crippen MR) is 154 cm³/mol. The van der Waals surface area contributed by atoms with E-state index in [2.05, 4.69) is 52.5 Å². The second-order valence-corrected chi connectivity index (χ2v) is 10.6. The Morgan fingerprint density at radius 2 is 1.71 bits per heavy atom. The number of rotatable bonds is 3. The molecule has 3 heterocycles. The zero-order chi connectivity index (χ0) is 29.7. The first-order chi connectivity index (χ1) is 19.7. The zero-order valence-corrected chi connectivity index (χ0v) is 23.7. The van der Waals surface area contributed by atoms with Crippen LogP contribution in [0.3, 0.4) is 0 Å². The summed E-state index contributed by atoms with van der Waals surface area (Å²) < 4.78 is 33.4. The number of nitrogens with one attached hydrogen (secondary N) is 1. The fourth-order valence-corrected chi connectivity index (χ4v) is 5.74. The average molecular weight is 565 g/mol. The van der Waals surface area contributed by atoms with Crippen molar-refractivity contribution in [2.24, 2.45) is 0 Å². The molecule has 2 aromatic carbocycles. The van der Waals surface area contributed by atoms with Crippen molar-refractivity contribution in [1.82, 2.24) is 14.8 Å². The average Bonchev–Trinajstić information content (AvgIpc) is 3.47. The molecule has 1 spiro atoms. The van der Waals surface area contributed by atoms with Crippen molar-refractivity contribution >= 4 is 23.7 Å². The molecule has 3 unspecified atom stereocenters. The Morgan fingerprint density at radius 1 is 1.00 bits per heavy atom. The van der Waals surface area contributed by atoms with Crippen LogP contribution in [0.2, 0.25) is 0 Å². The highest BCUT2D eigenvalue weighted by Crippen LogP contribution is 2.46. The third-order valence-electron chi connectivity index (χ3n) is 7.99. The lowest BCUT2D eigenvalue weighted by Gasteiger charge is -2.41. The molecule has 0 bridgehead atoms. The summed E-state index contributed by atoms with van der Waals surface area (Å²) in [4.78, 5) is 33.9. The van der Waals surface area contributed by atoms with Crippen molar-refractivity contribution in [2.45, 2.75) is 44.2 Å². The van der Waals surface area contributed by atoms with Crippen LogP contribution >= 0.6 is 0 Å². The number of nitrogens with zero attached hydrogens (tertiary/aromatic N) is 3. The van der Waals surface area contributed by atoms with Gasteiger partial charge in [0.15, 0.2) is 0 Å². The van der Waals surface area contributed by atoms with Gasteiger partial charge >= 0.3 is 0 Å². The summed E-state index contributed by atoms with van der Waals surface area (Å²) in [7, 11) is 2.50. The number of hydrogen-bond acceptors (Lipinski definition) is 4. The molecule has 41 heavy (non-hydrogen) atoms. The van der Waals surface area contributed by atoms with Gasteiger partial charge in [-0.15, -0.1) is 0 Å². The van der Waals surface area contributed by atoms with Gasteiger partial charge in [-0.1, -0.05) is 42.5 Å². The van der Waals surface area contributed by atoms with Crippen LogP contribution in [0.1, 0.15) is 36.1 Å². The second-order valence-electron chi connectivity index (χ2n) is 10.6. The molecule has 216 valence electrons. The summed E-state index contributed by atoms with van der Waals surface area (Å²) in [5.74, 6) is -0.150. The van der Waals surface area contributed by atoms with Gasteiger partial charge in [0.05, 0.1) is 18.6 Å². The van der Waals surface area contributed by atoms with E-state index in [9.17, 15) is 22.8 Å². The molecule has 1 saturated heterocycles. The van der Waals surface area contributed by atoms with Crippen molar-refractivity contribution in [3.8, 4) is 0 Å². The molecule has 3 atom stereocenters. The van der Waals surface area contributed by atoms with Crippen LogP contribution in [0, 0.1) is 11.6 Å². The first-order valence-corrected chi connectivity index (χ1v) is 13.5. The van der Waals surface area contributed by atoms with E-state index in [1.165, 1.54) is 29.3 Å². The molecule has 3 aromatic rings. The Balaban J connectivity index is 0.000000332. The summed E-state index contributed by atoms with van der Waals surface area (Å²) in [6.45, 7) is 5.57. The number of anilines is 1. The summed E-state index contributed by atoms with van der Waals surface area (Å²) in [6.07, 6.45) is 7.27. The van der Waals surface area contributed by atoms with Crippen LogP contribution in [0.25, 0.3) is 6.08 Å². The molecule has 6 nitrogen and oxygen atoms in total. The zero-order valence-electron chi connectivity index (χ0n) is 23.7. The van der Waals surface area contributed by atoms with E-state index in [4.69, 9.17) is 0 Å². The fourth-order valence-electron chi connectivity index (χ4n) is 5.74. The van der Waals surface area contributed by atoms with Crippen LogP contribution < -0.4 is 5.32 Å². The molecular formula is C32H35F3N4O2. The summed E-state index contributed by atoms with van der Waals surface area (Å²) in [5, 5.41) is 2.96. The van der Waals surface area contributed by atoms with Gasteiger partial charge in [0.1, 0.15) is 17.5 Å². The van der Waals surface area contributed by atoms with Gasteiger partial charge < -0.3 is 10.2 Å². The number of pyridine rings is 1. The van der Waals surface area contributed by atoms with Gasteiger partial charge in [-0.05, 0) is 68.6 Å². The molecule has 1 aliphatic carbocycles. The maximum absolute atomic E-state index is 12.9. The highest BCUT2D eigenvalue weighted by atomic mass is 19.1. The van der Waals surface area contributed by atoms with Gasteiger partial charge in [-0.25, -0.2) is 13.8 Å². The Hall–Kier alpha value is -3.98. The molecular weight excluding hydrogens is 529 g/mol. The van der Waals surface area contributed by atoms with E-state index in [1.807, 2.05) is 31.0 Å². The molecule has 1 aromatic heterocycles. The Labute approximate surface area is 238 Å². The van der Waals surface area contributed by atoms with Gasteiger partial charge in [0, 0.05) is 37.0 Å². The molecule has 3 aliphatic rings. The second kappa shape index (κ2) is 12.7. The number of likely N-dealkylation sites (N-methyl/N-ethyl adjacent to an activating group) is 1. The quantitative estimate of drug-likeness (QED) is 0.476. The molecule has 9 heteroatoms. The largest absolute Gasteiger partial charge is 0.334 e. The van der Waals surface area contributed by atoms with Gasteiger partial charge in [0.2, 0.25) is 11.8 Å². The molecule has 0 saturated carbocycles. The number of amides is 2. The van der Waals surface area contributed by atoms with Gasteiger partial charge in [0.25, 0.3) is 0 Å². The highest BCUT2D eigenvalue weighted by Gasteiger charge is 2.51. The summed E-state index contributed by atoms with van der Waals surface area (Å²) in [6, 6.07) is 15.0. The first kappa shape index (κ1) is 30.0. The van der Waals surface area contributed by atoms with Crippen molar-refractivity contribution in [1.29, 1.82) is 0 Å². The van der Waals surface area contributed by atoms with E-state index in [-0.39, 0.29) is 23.9 Å². The van der Waals surface area contributed by atoms with Crippen molar-refractivity contribution in [3.63, 3.8) is 0 Å². The number of aromatic nitrogens is 1. The number of benzene rings is 2. The van der Waals surface area contributed by atoms with Crippen LogP contribution in [0.4, 0.5) is 19.0 Å². The lowest BCUT2D eigenvalue weighted by Crippen LogP contribution is -2.58. The van der Waals surface area contributed by atoms with E-state index < -0.39 is 17.0 Å². The third kappa shape index (κ3) is 6.20. The smallest absolute Gasteiger partial charge is 0.240 e. The number of piperazine rings is 1. The first-order valence-electron chi connectivity index (χ1n) is 13.5. The molecule has 1 N–H and O–H groups in total. The number of halogens is 3. The number of carbonyl (C=O) groups is 2. The normalized spacial score (nSPS) is 23.0. The monoisotopic (exact) mass is 564 g/mol. The number of hydrogen-bond donors (Lipinski definition) is 1. The fraction of sp³-hybridized carbons (Fsp3) is 0.344. The van der Waals surface area contributed by atoms with Crippen LogP contribution in [-0.4, -0.2) is 66.0 Å². The SMILES string of the molecule is CC1C(=O)N(C/C=C/c2ccc3c(c2)CC2(C3)C(=O)Nc3ncccc32)C(C)CN1C.CF.Fc1cccc(F)c1. The highest BCUT2D eigenvalue weighted by molar-refractivity contribution is 6.06. The number of alkyl halides is 1. The number of fused-ring (bicyclic) bond motifs is 3. The van der Waals surface area contributed by atoms with E-state index in [1.54, 1.807) is 6.20 Å². The summed E-state index contributed by atoms with van der Waals surface area (Å²) in [5.41, 5.74) is 4.01. The standard InChI is InChI=1S/C25H28N4O2.C6H4F2.CH3F/c1-16-15-28(3)17(2)23(30)29(16)11-5-6-18-8-9-19-13-25(14-20(19)12-18)21-7-4-10-26-22(21)27-24(25)31;7-5-2-1-3-6(8)4-5;1-2/h4-10,12,16-17H,11,13-15H2,1-3H3,(H,26,27,31);1-4H;1H3/b6-5+;;. The Bertz CT molecular complexity index is 1430. The lowest BCUT2D eigenvalue weighted by atomic mass is 9.79. The van der Waals surface area contributed by atoms with Gasteiger partial charge in [-0.3, -0.25) is 18.9 Å². The minimum absolute atomic E-state index is 0.0474. The molecule has 1 fully saturated rings. The van der Waals surface area contributed by atoms with Crippen LogP contribution in [0.15, 0.2) is 66.9 Å². The molecule has 2 amide bonds. The van der Waals surface area contributed by atoms with E-state index >= 15 is 0 Å². The van der Waals surface area contributed by atoms with Crippen molar-refractivity contribution in [2.75, 3.05) is 32.6 Å². The van der Waals surface area contributed by atoms with Crippen LogP contribution in [-0.2, 0) is 27.8 Å². The Morgan fingerprint density at radius 3 is 2.39 bits per heavy atom. The number of carbonyl (C=O) groups excluding carboxylic acids is 2. The third-order valence-corrected chi connectivity index (χ3v) is 7.99. The molecule has 6 rings (SSSR count). The van der Waals surface area contributed by atoms with Gasteiger partial charge in [-0.2, -0.15) is 0 Å². The van der Waals surface area contributed by atoms with Crippen LogP contribution in [0.5, 0.6) is 0 Å². The molecule has 2 aliphatic heterocycles. The maximum atomic E-state index is 12.9.